The Kier molecular flexibility index (Phi) is 9.50. The van der Waals surface area contributed by atoms with E-state index in [9.17, 15) is 5.11 Å². The summed E-state index contributed by atoms with van der Waals surface area (Å²) in [6.45, 7) is 10.3. The summed E-state index contributed by atoms with van der Waals surface area (Å²) in [4.78, 5) is 7.30. The number of aliphatic imine (C=N–C) groups is 1. The van der Waals surface area contributed by atoms with Gasteiger partial charge in [-0.3, -0.25) is 4.99 Å². The van der Waals surface area contributed by atoms with E-state index in [2.05, 4.69) is 29.4 Å². The Hall–Kier alpha value is -1.59. The summed E-state index contributed by atoms with van der Waals surface area (Å²) in [6.07, 6.45) is 4.28. The molecule has 26 heavy (non-hydrogen) atoms. The predicted octanol–water partition coefficient (Wildman–Crippen LogP) is 2.79. The molecule has 1 saturated heterocycles. The minimum Gasteiger partial charge on any atom is -0.388 e. The summed E-state index contributed by atoms with van der Waals surface area (Å²) < 4.78 is 0. The SMILES string of the molecule is CCNC(=NCC(C)CN1CCCCC1)NCCC(O)c1ccccc1. The summed E-state index contributed by atoms with van der Waals surface area (Å²) >= 11 is 0. The van der Waals surface area contributed by atoms with E-state index < -0.39 is 6.10 Å². The van der Waals surface area contributed by atoms with Gasteiger partial charge in [0, 0.05) is 26.2 Å². The molecule has 146 valence electrons. The van der Waals surface area contributed by atoms with E-state index in [-0.39, 0.29) is 0 Å². The number of hydrogen-bond donors (Lipinski definition) is 3. The van der Waals surface area contributed by atoms with Crippen molar-refractivity contribution >= 4 is 5.96 Å². The maximum Gasteiger partial charge on any atom is 0.191 e. The molecule has 2 rings (SSSR count). The van der Waals surface area contributed by atoms with Crippen LogP contribution in [-0.2, 0) is 0 Å². The highest BCUT2D eigenvalue weighted by Crippen LogP contribution is 2.15. The van der Waals surface area contributed by atoms with Crippen molar-refractivity contribution in [2.24, 2.45) is 10.9 Å². The second kappa shape index (κ2) is 11.9. The van der Waals surface area contributed by atoms with Crippen LogP contribution in [0.2, 0.25) is 0 Å². The number of nitrogens with zero attached hydrogens (tertiary/aromatic N) is 2. The number of nitrogens with one attached hydrogen (secondary N) is 2. The summed E-state index contributed by atoms with van der Waals surface area (Å²) in [6, 6.07) is 9.82. The first-order valence-electron chi connectivity index (χ1n) is 10.2. The number of aliphatic hydroxyl groups is 1. The van der Waals surface area contributed by atoms with Crippen molar-refractivity contribution in [1.82, 2.24) is 15.5 Å². The molecule has 1 heterocycles. The molecular weight excluding hydrogens is 324 g/mol. The first kappa shape index (κ1) is 20.7. The van der Waals surface area contributed by atoms with Gasteiger partial charge in [-0.25, -0.2) is 0 Å². The maximum atomic E-state index is 10.3. The third-order valence-electron chi connectivity index (χ3n) is 4.82. The van der Waals surface area contributed by atoms with Gasteiger partial charge >= 0.3 is 0 Å². The molecule has 0 bridgehead atoms. The van der Waals surface area contributed by atoms with Crippen LogP contribution in [0.3, 0.4) is 0 Å². The zero-order valence-corrected chi connectivity index (χ0v) is 16.5. The molecule has 2 atom stereocenters. The third-order valence-corrected chi connectivity index (χ3v) is 4.82. The molecule has 0 aromatic heterocycles. The van der Waals surface area contributed by atoms with Gasteiger partial charge in [0.15, 0.2) is 5.96 Å². The van der Waals surface area contributed by atoms with Crippen molar-refractivity contribution < 1.29 is 5.11 Å². The second-order valence-corrected chi connectivity index (χ2v) is 7.33. The van der Waals surface area contributed by atoms with Gasteiger partial charge in [0.05, 0.1) is 6.10 Å². The molecule has 2 unspecified atom stereocenters. The van der Waals surface area contributed by atoms with E-state index in [1.165, 1.54) is 32.4 Å². The maximum absolute atomic E-state index is 10.3. The minimum atomic E-state index is -0.440. The third kappa shape index (κ3) is 7.75. The quantitative estimate of drug-likeness (QED) is 0.468. The van der Waals surface area contributed by atoms with E-state index in [0.717, 1.165) is 31.2 Å². The molecule has 0 aliphatic carbocycles. The van der Waals surface area contributed by atoms with Crippen LogP contribution in [0.5, 0.6) is 0 Å². The molecule has 0 spiro atoms. The zero-order valence-electron chi connectivity index (χ0n) is 16.5. The molecule has 0 amide bonds. The predicted molar refractivity (Wildman–Crippen MR) is 109 cm³/mol. The Bertz CT molecular complexity index is 514. The Labute approximate surface area is 158 Å². The highest BCUT2D eigenvalue weighted by molar-refractivity contribution is 5.79. The lowest BCUT2D eigenvalue weighted by Gasteiger charge is -2.28. The lowest BCUT2D eigenvalue weighted by Crippen LogP contribution is -2.39. The van der Waals surface area contributed by atoms with E-state index in [0.29, 0.717) is 18.9 Å². The van der Waals surface area contributed by atoms with E-state index in [1.807, 2.05) is 30.3 Å². The van der Waals surface area contributed by atoms with Crippen LogP contribution >= 0.6 is 0 Å². The van der Waals surface area contributed by atoms with Gasteiger partial charge in [-0.1, -0.05) is 43.7 Å². The normalized spacial score (nSPS) is 18.3. The average Bonchev–Trinajstić information content (AvgIpc) is 2.67. The van der Waals surface area contributed by atoms with Gasteiger partial charge in [-0.15, -0.1) is 0 Å². The monoisotopic (exact) mass is 360 g/mol. The first-order valence-corrected chi connectivity index (χ1v) is 10.2. The van der Waals surface area contributed by atoms with Crippen molar-refractivity contribution in [1.29, 1.82) is 0 Å². The number of piperidine rings is 1. The highest BCUT2D eigenvalue weighted by atomic mass is 16.3. The number of likely N-dealkylation sites (tertiary alicyclic amines) is 1. The first-order chi connectivity index (χ1) is 12.7. The van der Waals surface area contributed by atoms with Crippen molar-refractivity contribution in [2.75, 3.05) is 39.3 Å². The number of aliphatic hydroxyl groups excluding tert-OH is 1. The van der Waals surface area contributed by atoms with Gasteiger partial charge in [-0.05, 0) is 50.8 Å². The Morgan fingerprint density at radius 3 is 2.58 bits per heavy atom. The molecule has 0 radical (unpaired) electrons. The van der Waals surface area contributed by atoms with E-state index in [1.54, 1.807) is 0 Å². The molecular formula is C21H36N4O. The molecule has 5 nitrogen and oxygen atoms in total. The summed E-state index contributed by atoms with van der Waals surface area (Å²) in [5.41, 5.74) is 0.964. The smallest absolute Gasteiger partial charge is 0.191 e. The van der Waals surface area contributed by atoms with Crippen LogP contribution in [0.15, 0.2) is 35.3 Å². The van der Waals surface area contributed by atoms with Crippen LogP contribution in [0.25, 0.3) is 0 Å². The molecule has 3 N–H and O–H groups in total. The van der Waals surface area contributed by atoms with Crippen molar-refractivity contribution in [3.05, 3.63) is 35.9 Å². The van der Waals surface area contributed by atoms with Crippen LogP contribution < -0.4 is 10.6 Å². The fourth-order valence-corrected chi connectivity index (χ4v) is 3.40. The van der Waals surface area contributed by atoms with Crippen LogP contribution in [0, 0.1) is 5.92 Å². The van der Waals surface area contributed by atoms with Gasteiger partial charge in [-0.2, -0.15) is 0 Å². The summed E-state index contributed by atoms with van der Waals surface area (Å²) in [5.74, 6) is 1.40. The van der Waals surface area contributed by atoms with Crippen molar-refractivity contribution in [2.45, 2.75) is 45.6 Å². The number of rotatable bonds is 9. The highest BCUT2D eigenvalue weighted by Gasteiger charge is 2.13. The number of hydrogen-bond acceptors (Lipinski definition) is 3. The fraction of sp³-hybridized carbons (Fsp3) is 0.667. The molecule has 0 saturated carbocycles. The van der Waals surface area contributed by atoms with Gasteiger partial charge < -0.3 is 20.6 Å². The lowest BCUT2D eigenvalue weighted by molar-refractivity contribution is 0.168. The van der Waals surface area contributed by atoms with Crippen molar-refractivity contribution in [3.8, 4) is 0 Å². The number of benzene rings is 1. The molecule has 1 aliphatic rings. The second-order valence-electron chi connectivity index (χ2n) is 7.33. The standard InChI is InChI=1S/C21H36N4O/c1-3-22-21(23-13-12-20(26)19-10-6-4-7-11-19)24-16-18(2)17-25-14-8-5-9-15-25/h4,6-7,10-11,18,20,26H,3,5,8-9,12-17H2,1-2H3,(H2,22,23,24). The van der Waals surface area contributed by atoms with Crippen LogP contribution in [0.1, 0.15) is 51.2 Å². The van der Waals surface area contributed by atoms with E-state index in [4.69, 9.17) is 4.99 Å². The molecule has 1 aromatic rings. The van der Waals surface area contributed by atoms with Crippen LogP contribution in [-0.4, -0.2) is 55.2 Å². The Balaban J connectivity index is 1.73. The molecule has 1 fully saturated rings. The van der Waals surface area contributed by atoms with E-state index >= 15 is 0 Å². The Morgan fingerprint density at radius 2 is 1.88 bits per heavy atom. The minimum absolute atomic E-state index is 0.440. The average molecular weight is 361 g/mol. The summed E-state index contributed by atoms with van der Waals surface area (Å²) in [5, 5.41) is 16.9. The molecule has 5 heteroatoms. The molecule has 1 aromatic carbocycles. The van der Waals surface area contributed by atoms with Gasteiger partial charge in [0.1, 0.15) is 0 Å². The topological polar surface area (TPSA) is 59.9 Å². The summed E-state index contributed by atoms with van der Waals surface area (Å²) in [7, 11) is 0. The zero-order chi connectivity index (χ0) is 18.6. The van der Waals surface area contributed by atoms with Gasteiger partial charge in [0.25, 0.3) is 0 Å². The largest absolute Gasteiger partial charge is 0.388 e. The number of guanidine groups is 1. The molecule has 1 aliphatic heterocycles. The van der Waals surface area contributed by atoms with Crippen LogP contribution in [0.4, 0.5) is 0 Å². The lowest BCUT2D eigenvalue weighted by atomic mass is 10.1. The Morgan fingerprint density at radius 1 is 1.15 bits per heavy atom. The van der Waals surface area contributed by atoms with Gasteiger partial charge in [0.2, 0.25) is 0 Å². The fourth-order valence-electron chi connectivity index (χ4n) is 3.40. The van der Waals surface area contributed by atoms with Crippen molar-refractivity contribution in [3.63, 3.8) is 0 Å².